The van der Waals surface area contributed by atoms with Crippen molar-refractivity contribution in [3.05, 3.63) is 81.9 Å². The molecule has 39 heavy (non-hydrogen) atoms. The molecule has 1 amide bonds. The van der Waals surface area contributed by atoms with Crippen molar-refractivity contribution in [2.75, 3.05) is 0 Å². The highest BCUT2D eigenvalue weighted by molar-refractivity contribution is 5.99. The first kappa shape index (κ1) is 25.7. The van der Waals surface area contributed by atoms with Crippen LogP contribution >= 0.6 is 0 Å². The Kier molecular flexibility index (Phi) is 6.40. The molecule has 2 heterocycles. The molecule has 2 aromatic heterocycles. The Morgan fingerprint density at radius 1 is 1.13 bits per heavy atom. The van der Waals surface area contributed by atoms with Crippen LogP contribution in [-0.2, 0) is 18.3 Å². The monoisotopic (exact) mass is 520 g/mol. The summed E-state index contributed by atoms with van der Waals surface area (Å²) in [5.74, 6) is 0. The fourth-order valence-electron chi connectivity index (χ4n) is 4.85. The van der Waals surface area contributed by atoms with Crippen LogP contribution in [0, 0.1) is 18.3 Å². The van der Waals surface area contributed by atoms with E-state index in [9.17, 15) is 14.9 Å². The molecule has 0 fully saturated rings. The number of carbonyl (C=O) groups is 1. The molecule has 0 saturated heterocycles. The first-order valence-electron chi connectivity index (χ1n) is 12.5. The molecule has 0 atom stereocenters. The number of nitrogens with zero attached hydrogens (tertiary/aromatic N) is 4. The largest absolute Gasteiger partial charge is 0.444 e. The van der Waals surface area contributed by atoms with E-state index >= 15 is 0 Å². The average molecular weight is 521 g/mol. The fourth-order valence-corrected chi connectivity index (χ4v) is 4.85. The zero-order chi connectivity index (χ0) is 27.9. The minimum absolute atomic E-state index is 0.0634. The number of nitriles is 1. The van der Waals surface area contributed by atoms with Gasteiger partial charge in [-0.2, -0.15) is 15.5 Å². The highest BCUT2D eigenvalue weighted by Gasteiger charge is 2.22. The van der Waals surface area contributed by atoms with Gasteiger partial charge in [-0.15, -0.1) is 0 Å². The van der Waals surface area contributed by atoms with Gasteiger partial charge in [0.2, 0.25) is 0 Å². The van der Waals surface area contributed by atoms with Crippen LogP contribution in [0.3, 0.4) is 0 Å². The van der Waals surface area contributed by atoms with Crippen LogP contribution in [-0.4, -0.2) is 31.7 Å². The third-order valence-electron chi connectivity index (χ3n) is 6.51. The first-order chi connectivity index (χ1) is 18.6. The molecule has 0 bridgehead atoms. The van der Waals surface area contributed by atoms with Gasteiger partial charge in [-0.1, -0.05) is 36.4 Å². The van der Waals surface area contributed by atoms with Gasteiger partial charge in [0.05, 0.1) is 35.1 Å². The SMILES string of the molecule is Cc1cc2ccccc2c(C#N)c1-c1c(-c2ccc3c(=O)[nH]nc(CNC(=O)OC(C)(C)C)c3c2)cnn1C. The quantitative estimate of drug-likeness (QED) is 0.329. The number of alkyl carbamates (subject to hydrolysis) is 1. The number of rotatable bonds is 4. The molecule has 0 spiro atoms. The summed E-state index contributed by atoms with van der Waals surface area (Å²) in [5.41, 5.74) is 4.25. The molecule has 9 heteroatoms. The molecule has 0 aliphatic heterocycles. The average Bonchev–Trinajstić information content (AvgIpc) is 3.27. The number of carbonyl (C=O) groups excluding carboxylic acids is 1. The summed E-state index contributed by atoms with van der Waals surface area (Å²) in [5, 5.41) is 27.1. The van der Waals surface area contributed by atoms with E-state index in [1.807, 2.05) is 50.4 Å². The summed E-state index contributed by atoms with van der Waals surface area (Å²) in [4.78, 5) is 24.8. The molecule has 196 valence electrons. The number of hydrogen-bond acceptors (Lipinski definition) is 6. The van der Waals surface area contributed by atoms with E-state index < -0.39 is 11.7 Å². The second-order valence-corrected chi connectivity index (χ2v) is 10.4. The van der Waals surface area contributed by atoms with Gasteiger partial charge in [-0.25, -0.2) is 9.89 Å². The lowest BCUT2D eigenvalue weighted by Crippen LogP contribution is -2.32. The normalized spacial score (nSPS) is 11.5. The number of aryl methyl sites for hydroxylation is 2. The summed E-state index contributed by atoms with van der Waals surface area (Å²) in [6.45, 7) is 7.41. The van der Waals surface area contributed by atoms with Crippen LogP contribution in [0.5, 0.6) is 0 Å². The third kappa shape index (κ3) is 4.84. The third-order valence-corrected chi connectivity index (χ3v) is 6.51. The van der Waals surface area contributed by atoms with E-state index in [2.05, 4.69) is 32.7 Å². The van der Waals surface area contributed by atoms with Gasteiger partial charge >= 0.3 is 6.09 Å². The Hall–Kier alpha value is -4.97. The number of aromatic nitrogens is 4. The van der Waals surface area contributed by atoms with Crippen LogP contribution in [0.15, 0.2) is 59.5 Å². The minimum Gasteiger partial charge on any atom is -0.444 e. The maximum Gasteiger partial charge on any atom is 0.407 e. The van der Waals surface area contributed by atoms with Crippen molar-refractivity contribution < 1.29 is 9.53 Å². The van der Waals surface area contributed by atoms with Crippen molar-refractivity contribution in [2.45, 2.75) is 39.8 Å². The lowest BCUT2D eigenvalue weighted by Gasteiger charge is -2.19. The molecule has 3 aromatic carbocycles. The van der Waals surface area contributed by atoms with Gasteiger partial charge in [0, 0.05) is 28.9 Å². The van der Waals surface area contributed by atoms with E-state index in [0.29, 0.717) is 22.0 Å². The van der Waals surface area contributed by atoms with Crippen molar-refractivity contribution in [2.24, 2.45) is 7.05 Å². The maximum absolute atomic E-state index is 12.6. The molecule has 0 unspecified atom stereocenters. The van der Waals surface area contributed by atoms with Crippen molar-refractivity contribution in [1.29, 1.82) is 5.26 Å². The van der Waals surface area contributed by atoms with E-state index in [4.69, 9.17) is 4.74 Å². The maximum atomic E-state index is 12.6. The molecule has 5 aromatic rings. The van der Waals surface area contributed by atoms with Crippen LogP contribution in [0.2, 0.25) is 0 Å². The van der Waals surface area contributed by atoms with Crippen molar-refractivity contribution >= 4 is 27.6 Å². The highest BCUT2D eigenvalue weighted by atomic mass is 16.6. The second kappa shape index (κ2) is 9.72. The number of nitrogens with one attached hydrogen (secondary N) is 2. The Morgan fingerprint density at radius 2 is 1.90 bits per heavy atom. The molecule has 0 aliphatic carbocycles. The fraction of sp³-hybridized carbons (Fsp3) is 0.233. The first-order valence-corrected chi connectivity index (χ1v) is 12.5. The molecular formula is C30H28N6O3. The van der Waals surface area contributed by atoms with Gasteiger partial charge in [-0.05, 0) is 56.3 Å². The van der Waals surface area contributed by atoms with E-state index in [1.165, 1.54) is 0 Å². The lowest BCUT2D eigenvalue weighted by molar-refractivity contribution is 0.0523. The van der Waals surface area contributed by atoms with Crippen molar-refractivity contribution in [3.63, 3.8) is 0 Å². The van der Waals surface area contributed by atoms with Gasteiger partial charge in [0.15, 0.2) is 0 Å². The Balaban J connectivity index is 1.64. The van der Waals surface area contributed by atoms with Crippen LogP contribution in [0.1, 0.15) is 37.6 Å². The molecular weight excluding hydrogens is 492 g/mol. The van der Waals surface area contributed by atoms with Gasteiger partial charge in [0.25, 0.3) is 5.56 Å². The highest BCUT2D eigenvalue weighted by Crippen LogP contribution is 2.39. The molecule has 0 radical (unpaired) electrons. The predicted molar refractivity (Wildman–Crippen MR) is 150 cm³/mol. The van der Waals surface area contributed by atoms with Crippen LogP contribution in [0.4, 0.5) is 4.79 Å². The number of benzene rings is 3. The predicted octanol–water partition coefficient (Wildman–Crippen LogP) is 5.35. The van der Waals surface area contributed by atoms with E-state index in [1.54, 1.807) is 37.7 Å². The van der Waals surface area contributed by atoms with Crippen LogP contribution < -0.4 is 10.9 Å². The molecule has 9 nitrogen and oxygen atoms in total. The molecule has 2 N–H and O–H groups in total. The number of fused-ring (bicyclic) bond motifs is 2. The second-order valence-electron chi connectivity index (χ2n) is 10.4. The standard InChI is InChI=1S/C30H28N6O3/c1-17-12-18-8-6-7-9-20(18)23(14-31)26(17)27-24(15-33-36(27)5)19-10-11-21-22(13-19)25(34-35-28(21)37)16-32-29(38)39-30(2,3)4/h6-13,15H,16H2,1-5H3,(H,32,38)(H,35,37). The van der Waals surface area contributed by atoms with Gasteiger partial charge in [-0.3, -0.25) is 9.48 Å². The summed E-state index contributed by atoms with van der Waals surface area (Å²) in [7, 11) is 1.85. The number of hydrogen-bond donors (Lipinski definition) is 2. The number of H-pyrrole nitrogens is 1. The number of ether oxygens (including phenoxy) is 1. The summed E-state index contributed by atoms with van der Waals surface area (Å²) in [6.07, 6.45) is 1.18. The zero-order valence-corrected chi connectivity index (χ0v) is 22.4. The topological polar surface area (TPSA) is 126 Å². The summed E-state index contributed by atoms with van der Waals surface area (Å²) >= 11 is 0. The summed E-state index contributed by atoms with van der Waals surface area (Å²) < 4.78 is 7.09. The van der Waals surface area contributed by atoms with Crippen molar-refractivity contribution in [3.8, 4) is 28.5 Å². The Morgan fingerprint density at radius 3 is 2.64 bits per heavy atom. The summed E-state index contributed by atoms with van der Waals surface area (Å²) in [6, 6.07) is 17.8. The molecule has 0 saturated carbocycles. The van der Waals surface area contributed by atoms with Crippen molar-refractivity contribution in [1.82, 2.24) is 25.3 Å². The smallest absolute Gasteiger partial charge is 0.407 e. The Bertz CT molecular complexity index is 1850. The number of aromatic amines is 1. The molecule has 5 rings (SSSR count). The van der Waals surface area contributed by atoms with Crippen LogP contribution in [0.25, 0.3) is 43.9 Å². The zero-order valence-electron chi connectivity index (χ0n) is 22.4. The van der Waals surface area contributed by atoms with Gasteiger partial charge in [0.1, 0.15) is 11.7 Å². The molecule has 0 aliphatic rings. The van der Waals surface area contributed by atoms with Gasteiger partial charge < -0.3 is 10.1 Å². The van der Waals surface area contributed by atoms with E-state index in [-0.39, 0.29) is 12.1 Å². The number of amides is 1. The Labute approximate surface area is 225 Å². The minimum atomic E-state index is -0.641. The van der Waals surface area contributed by atoms with E-state index in [0.717, 1.165) is 38.7 Å². The lowest BCUT2D eigenvalue weighted by atomic mass is 9.90.